The molecule has 0 atom stereocenters. The molecule has 0 spiro atoms. The largest absolute Gasteiger partial charge is 0.490 e. The Kier molecular flexibility index (Phi) is 5.76. The van der Waals surface area contributed by atoms with Crippen molar-refractivity contribution in [2.45, 2.75) is 20.5 Å². The van der Waals surface area contributed by atoms with Crippen LogP contribution in [0, 0.1) is 5.82 Å². The molecule has 7 heteroatoms. The molecule has 0 aliphatic carbocycles. The van der Waals surface area contributed by atoms with E-state index in [0.717, 1.165) is 5.56 Å². The Labute approximate surface area is 161 Å². The van der Waals surface area contributed by atoms with Crippen molar-refractivity contribution in [1.82, 2.24) is 0 Å². The summed E-state index contributed by atoms with van der Waals surface area (Å²) in [6, 6.07) is 9.39. The molecule has 0 amide bonds. The van der Waals surface area contributed by atoms with E-state index in [0.29, 0.717) is 40.0 Å². The van der Waals surface area contributed by atoms with E-state index in [2.05, 4.69) is 9.99 Å². The van der Waals surface area contributed by atoms with Crippen LogP contribution in [-0.2, 0) is 16.2 Å². The van der Waals surface area contributed by atoms with E-state index < -0.39 is 5.97 Å². The van der Waals surface area contributed by atoms with Crippen LogP contribution in [0.15, 0.2) is 47.1 Å². The van der Waals surface area contributed by atoms with E-state index in [9.17, 15) is 9.18 Å². The van der Waals surface area contributed by atoms with E-state index in [1.165, 1.54) is 12.1 Å². The van der Waals surface area contributed by atoms with Crippen LogP contribution in [0.2, 0.25) is 5.02 Å². The third-order valence-corrected chi connectivity index (χ3v) is 4.10. The van der Waals surface area contributed by atoms with Gasteiger partial charge in [-0.2, -0.15) is 0 Å². The molecule has 2 aromatic rings. The predicted molar refractivity (Wildman–Crippen MR) is 101 cm³/mol. The minimum Gasteiger partial charge on any atom is -0.490 e. The van der Waals surface area contributed by atoms with Gasteiger partial charge in [0.25, 0.3) is 0 Å². The molecule has 0 bridgehead atoms. The molecule has 0 fully saturated rings. The van der Waals surface area contributed by atoms with Crippen LogP contribution in [0.25, 0.3) is 6.08 Å². The first-order valence-electron chi connectivity index (χ1n) is 8.29. The second-order valence-electron chi connectivity index (χ2n) is 5.79. The number of hydrogen-bond donors (Lipinski definition) is 0. The van der Waals surface area contributed by atoms with E-state index in [1.54, 1.807) is 37.3 Å². The van der Waals surface area contributed by atoms with E-state index in [1.807, 2.05) is 6.92 Å². The Morgan fingerprint density at radius 2 is 1.96 bits per heavy atom. The number of halogens is 2. The average Bonchev–Trinajstić information content (AvgIpc) is 2.95. The van der Waals surface area contributed by atoms with Gasteiger partial charge in [0.1, 0.15) is 12.4 Å². The molecule has 1 aliphatic heterocycles. The summed E-state index contributed by atoms with van der Waals surface area (Å²) < 4.78 is 24.5. The van der Waals surface area contributed by atoms with Gasteiger partial charge in [-0.1, -0.05) is 28.9 Å². The molecule has 0 aromatic heterocycles. The maximum Gasteiger partial charge on any atom is 0.367 e. The first-order chi connectivity index (χ1) is 13.0. The van der Waals surface area contributed by atoms with Crippen LogP contribution in [0.5, 0.6) is 11.5 Å². The second-order valence-corrected chi connectivity index (χ2v) is 6.20. The SMILES string of the molecule is CCOc1cc(/C=C2/C(=O)ON=C2C)cc(Cl)c1OCc1ccc(F)cc1. The normalized spacial score (nSPS) is 14.9. The van der Waals surface area contributed by atoms with Gasteiger partial charge in [0.2, 0.25) is 0 Å². The molecule has 1 heterocycles. The summed E-state index contributed by atoms with van der Waals surface area (Å²) in [5.41, 5.74) is 2.29. The molecule has 3 rings (SSSR count). The lowest BCUT2D eigenvalue weighted by atomic mass is 10.1. The zero-order chi connectivity index (χ0) is 19.4. The van der Waals surface area contributed by atoms with Crippen molar-refractivity contribution >= 4 is 29.4 Å². The third kappa shape index (κ3) is 4.46. The highest BCUT2D eigenvalue weighted by atomic mass is 35.5. The summed E-state index contributed by atoms with van der Waals surface area (Å²) in [7, 11) is 0. The fourth-order valence-corrected chi connectivity index (χ4v) is 2.77. The molecule has 27 heavy (non-hydrogen) atoms. The van der Waals surface area contributed by atoms with Crippen molar-refractivity contribution < 1.29 is 23.5 Å². The zero-order valence-electron chi connectivity index (χ0n) is 14.8. The molecule has 0 saturated carbocycles. The van der Waals surface area contributed by atoms with Gasteiger partial charge < -0.3 is 14.3 Å². The van der Waals surface area contributed by atoms with Gasteiger partial charge in [0.05, 0.1) is 22.9 Å². The Bertz CT molecular complexity index is 922. The maximum atomic E-state index is 13.0. The summed E-state index contributed by atoms with van der Waals surface area (Å²) in [5.74, 6) is -0.00374. The number of carbonyl (C=O) groups excluding carboxylic acids is 1. The number of ether oxygens (including phenoxy) is 2. The summed E-state index contributed by atoms with van der Waals surface area (Å²) in [4.78, 5) is 16.4. The van der Waals surface area contributed by atoms with Gasteiger partial charge in [-0.05, 0) is 55.3 Å². The predicted octanol–water partition coefficient (Wildman–Crippen LogP) is 4.77. The number of oxime groups is 1. The molecule has 0 radical (unpaired) electrons. The number of benzene rings is 2. The standard InChI is InChI=1S/C20H17ClFNO4/c1-3-25-18-10-14(8-16-12(2)23-27-20(16)24)9-17(21)19(18)26-11-13-4-6-15(22)7-5-13/h4-10H,3,11H2,1-2H3/b16-8+. The van der Waals surface area contributed by atoms with Gasteiger partial charge in [-0.3, -0.25) is 0 Å². The highest BCUT2D eigenvalue weighted by Crippen LogP contribution is 2.38. The number of carbonyl (C=O) groups is 1. The summed E-state index contributed by atoms with van der Waals surface area (Å²) in [6.45, 7) is 4.14. The van der Waals surface area contributed by atoms with E-state index >= 15 is 0 Å². The molecule has 0 N–H and O–H groups in total. The minimum absolute atomic E-state index is 0.207. The lowest BCUT2D eigenvalue weighted by molar-refractivity contribution is -0.136. The molecular formula is C20H17ClFNO4. The second kappa shape index (κ2) is 8.22. The maximum absolute atomic E-state index is 13.0. The van der Waals surface area contributed by atoms with Crippen LogP contribution in [0.3, 0.4) is 0 Å². The molecule has 140 valence electrons. The molecular weight excluding hydrogens is 373 g/mol. The first-order valence-corrected chi connectivity index (χ1v) is 8.67. The zero-order valence-corrected chi connectivity index (χ0v) is 15.5. The monoisotopic (exact) mass is 389 g/mol. The van der Waals surface area contributed by atoms with Crippen LogP contribution in [0.1, 0.15) is 25.0 Å². The molecule has 0 unspecified atom stereocenters. The third-order valence-electron chi connectivity index (χ3n) is 3.81. The van der Waals surface area contributed by atoms with Gasteiger partial charge >= 0.3 is 5.97 Å². The average molecular weight is 390 g/mol. The number of nitrogens with zero attached hydrogens (tertiary/aromatic N) is 1. The molecule has 0 saturated heterocycles. The van der Waals surface area contributed by atoms with Crippen LogP contribution in [0.4, 0.5) is 4.39 Å². The van der Waals surface area contributed by atoms with Gasteiger partial charge in [-0.15, -0.1) is 0 Å². The minimum atomic E-state index is -0.516. The fraction of sp³-hybridized carbons (Fsp3) is 0.200. The topological polar surface area (TPSA) is 57.1 Å². The quantitative estimate of drug-likeness (QED) is 0.527. The number of rotatable bonds is 6. The van der Waals surface area contributed by atoms with E-state index in [4.69, 9.17) is 21.1 Å². The Balaban J connectivity index is 1.88. The number of hydrogen-bond acceptors (Lipinski definition) is 5. The lowest BCUT2D eigenvalue weighted by Crippen LogP contribution is -2.03. The van der Waals surface area contributed by atoms with Crippen molar-refractivity contribution in [1.29, 1.82) is 0 Å². The van der Waals surface area contributed by atoms with Gasteiger partial charge in [-0.25, -0.2) is 9.18 Å². The van der Waals surface area contributed by atoms with Crippen LogP contribution in [-0.4, -0.2) is 18.3 Å². The van der Waals surface area contributed by atoms with Crippen molar-refractivity contribution in [3.63, 3.8) is 0 Å². The first kappa shape index (κ1) is 18.9. The molecule has 1 aliphatic rings. The molecule has 2 aromatic carbocycles. The van der Waals surface area contributed by atoms with Crippen molar-refractivity contribution in [3.05, 3.63) is 63.9 Å². The Hall–Kier alpha value is -2.86. The Morgan fingerprint density at radius 1 is 1.22 bits per heavy atom. The van der Waals surface area contributed by atoms with E-state index in [-0.39, 0.29) is 12.4 Å². The van der Waals surface area contributed by atoms with Crippen molar-refractivity contribution in [2.24, 2.45) is 5.16 Å². The van der Waals surface area contributed by atoms with Crippen LogP contribution < -0.4 is 9.47 Å². The van der Waals surface area contributed by atoms with Crippen molar-refractivity contribution in [3.8, 4) is 11.5 Å². The van der Waals surface area contributed by atoms with Crippen LogP contribution >= 0.6 is 11.6 Å². The van der Waals surface area contributed by atoms with Gasteiger partial charge in [0, 0.05) is 0 Å². The highest BCUT2D eigenvalue weighted by molar-refractivity contribution is 6.32. The fourth-order valence-electron chi connectivity index (χ4n) is 2.50. The smallest absolute Gasteiger partial charge is 0.367 e. The molecule has 5 nitrogen and oxygen atoms in total. The Morgan fingerprint density at radius 3 is 2.59 bits per heavy atom. The summed E-state index contributed by atoms with van der Waals surface area (Å²) >= 11 is 6.38. The van der Waals surface area contributed by atoms with Crippen molar-refractivity contribution in [2.75, 3.05) is 6.61 Å². The van der Waals surface area contributed by atoms with Gasteiger partial charge in [0.15, 0.2) is 11.5 Å². The lowest BCUT2D eigenvalue weighted by Gasteiger charge is -2.15. The highest BCUT2D eigenvalue weighted by Gasteiger charge is 2.22. The summed E-state index contributed by atoms with van der Waals surface area (Å²) in [5, 5.41) is 3.98. The summed E-state index contributed by atoms with van der Waals surface area (Å²) in [6.07, 6.45) is 1.63.